The molecule has 0 saturated carbocycles. The molecule has 3 amide bonds. The van der Waals surface area contributed by atoms with Crippen molar-refractivity contribution in [2.24, 2.45) is 0 Å². The van der Waals surface area contributed by atoms with Crippen LogP contribution in [0.4, 0.5) is 4.79 Å². The van der Waals surface area contributed by atoms with Gasteiger partial charge >= 0.3 is 6.03 Å². The molecule has 1 unspecified atom stereocenters. The van der Waals surface area contributed by atoms with E-state index in [-0.39, 0.29) is 5.91 Å². The van der Waals surface area contributed by atoms with Crippen molar-refractivity contribution in [1.82, 2.24) is 10.6 Å². The average Bonchev–Trinajstić information content (AvgIpc) is 2.27. The second kappa shape index (κ2) is 2.81. The average molecular weight is 221 g/mol. The molecular formula is C6H9BrN2O2. The molecule has 0 aromatic rings. The number of hydrogen-bond acceptors (Lipinski definition) is 2. The normalized spacial score (nSPS) is 30.0. The largest absolute Gasteiger partial charge is 0.322 e. The predicted molar refractivity (Wildman–Crippen MR) is 43.5 cm³/mol. The summed E-state index contributed by atoms with van der Waals surface area (Å²) in [5.74, 6) is -0.248. The maximum absolute atomic E-state index is 11.1. The molecule has 1 rings (SSSR count). The predicted octanol–water partition coefficient (Wildman–Crippen LogP) is 0.370. The van der Waals surface area contributed by atoms with Gasteiger partial charge in [-0.05, 0) is 6.42 Å². The Kier molecular flexibility index (Phi) is 2.17. The van der Waals surface area contributed by atoms with Crippen molar-refractivity contribution < 1.29 is 9.59 Å². The summed E-state index contributed by atoms with van der Waals surface area (Å²) in [5.41, 5.74) is -0.725. The highest BCUT2D eigenvalue weighted by Gasteiger charge is 2.43. The summed E-state index contributed by atoms with van der Waals surface area (Å²) in [6, 6.07) is -0.406. The fraction of sp³-hybridized carbons (Fsp3) is 0.667. The first-order chi connectivity index (χ1) is 5.14. The molecule has 0 aliphatic carbocycles. The van der Waals surface area contributed by atoms with Crippen LogP contribution in [-0.4, -0.2) is 22.8 Å². The standard InChI is InChI=1S/C6H9BrN2O2/c1-2-6(3-7)4(10)8-5(11)9-6/h2-3H2,1H3,(H2,8,9,10,11). The van der Waals surface area contributed by atoms with Gasteiger partial charge in [-0.3, -0.25) is 10.1 Å². The number of imide groups is 1. The summed E-state index contributed by atoms with van der Waals surface area (Å²) in [5, 5.41) is 5.21. The van der Waals surface area contributed by atoms with Gasteiger partial charge in [0.1, 0.15) is 5.54 Å². The van der Waals surface area contributed by atoms with Crippen LogP contribution in [0.3, 0.4) is 0 Å². The lowest BCUT2D eigenvalue weighted by Gasteiger charge is -2.20. The fourth-order valence-corrected chi connectivity index (χ4v) is 1.76. The van der Waals surface area contributed by atoms with Crippen LogP contribution in [0.1, 0.15) is 13.3 Å². The van der Waals surface area contributed by atoms with E-state index in [1.165, 1.54) is 0 Å². The van der Waals surface area contributed by atoms with Gasteiger partial charge in [-0.2, -0.15) is 0 Å². The van der Waals surface area contributed by atoms with Crippen molar-refractivity contribution in [3.05, 3.63) is 0 Å². The number of urea groups is 1. The van der Waals surface area contributed by atoms with Gasteiger partial charge in [0.15, 0.2) is 0 Å². The molecule has 0 spiro atoms. The highest BCUT2D eigenvalue weighted by Crippen LogP contribution is 2.17. The van der Waals surface area contributed by atoms with Crippen LogP contribution in [0.2, 0.25) is 0 Å². The summed E-state index contributed by atoms with van der Waals surface area (Å²) in [6.45, 7) is 1.85. The molecule has 0 radical (unpaired) electrons. The minimum atomic E-state index is -0.725. The molecule has 1 fully saturated rings. The first kappa shape index (κ1) is 8.52. The Bertz CT molecular complexity index is 201. The molecule has 1 heterocycles. The molecule has 0 aromatic heterocycles. The molecule has 1 atom stereocenters. The van der Waals surface area contributed by atoms with E-state index >= 15 is 0 Å². The Hall–Kier alpha value is -0.580. The number of nitrogens with one attached hydrogen (secondary N) is 2. The molecule has 1 aliphatic heterocycles. The molecule has 0 aromatic carbocycles. The van der Waals surface area contributed by atoms with E-state index in [1.807, 2.05) is 6.92 Å². The van der Waals surface area contributed by atoms with Crippen molar-refractivity contribution in [3.8, 4) is 0 Å². The molecule has 1 saturated heterocycles. The number of halogens is 1. The second-order valence-corrected chi connectivity index (χ2v) is 3.04. The lowest BCUT2D eigenvalue weighted by Crippen LogP contribution is -2.47. The second-order valence-electron chi connectivity index (χ2n) is 2.48. The van der Waals surface area contributed by atoms with Gasteiger partial charge in [-0.25, -0.2) is 4.79 Å². The highest BCUT2D eigenvalue weighted by molar-refractivity contribution is 9.09. The number of carbonyl (C=O) groups excluding carboxylic acids is 2. The molecular weight excluding hydrogens is 212 g/mol. The van der Waals surface area contributed by atoms with Crippen LogP contribution in [0.25, 0.3) is 0 Å². The number of hydrogen-bond donors (Lipinski definition) is 2. The van der Waals surface area contributed by atoms with Crippen LogP contribution < -0.4 is 10.6 Å². The Balaban J connectivity index is 2.84. The third-order valence-corrected chi connectivity index (χ3v) is 2.80. The first-order valence-corrected chi connectivity index (χ1v) is 4.46. The lowest BCUT2D eigenvalue weighted by molar-refractivity contribution is -0.123. The number of alkyl halides is 1. The molecule has 2 N–H and O–H groups in total. The number of amides is 3. The van der Waals surface area contributed by atoms with Gasteiger partial charge in [0.2, 0.25) is 0 Å². The van der Waals surface area contributed by atoms with E-state index in [9.17, 15) is 9.59 Å². The van der Waals surface area contributed by atoms with Gasteiger partial charge < -0.3 is 5.32 Å². The van der Waals surface area contributed by atoms with E-state index in [1.54, 1.807) is 0 Å². The Morgan fingerprint density at radius 2 is 2.18 bits per heavy atom. The topological polar surface area (TPSA) is 58.2 Å². The van der Waals surface area contributed by atoms with Crippen molar-refractivity contribution in [2.45, 2.75) is 18.9 Å². The molecule has 11 heavy (non-hydrogen) atoms. The Labute approximate surface area is 72.8 Å². The van der Waals surface area contributed by atoms with E-state index in [0.717, 1.165) is 0 Å². The fourth-order valence-electron chi connectivity index (χ4n) is 0.966. The van der Waals surface area contributed by atoms with Crippen molar-refractivity contribution in [3.63, 3.8) is 0 Å². The van der Waals surface area contributed by atoms with E-state index in [0.29, 0.717) is 11.8 Å². The molecule has 0 bridgehead atoms. The minimum absolute atomic E-state index is 0.248. The third-order valence-electron chi connectivity index (χ3n) is 1.85. The Morgan fingerprint density at radius 1 is 1.55 bits per heavy atom. The summed E-state index contributed by atoms with van der Waals surface area (Å²) < 4.78 is 0. The lowest BCUT2D eigenvalue weighted by atomic mass is 10.00. The monoisotopic (exact) mass is 220 g/mol. The third kappa shape index (κ3) is 1.24. The zero-order chi connectivity index (χ0) is 8.48. The first-order valence-electron chi connectivity index (χ1n) is 3.34. The summed E-state index contributed by atoms with van der Waals surface area (Å²) >= 11 is 3.19. The maximum Gasteiger partial charge on any atom is 0.322 e. The van der Waals surface area contributed by atoms with Crippen molar-refractivity contribution in [1.29, 1.82) is 0 Å². The van der Waals surface area contributed by atoms with Crippen LogP contribution >= 0.6 is 15.9 Å². The summed E-state index contributed by atoms with van der Waals surface area (Å²) in [7, 11) is 0. The van der Waals surface area contributed by atoms with Crippen molar-refractivity contribution >= 4 is 27.9 Å². The zero-order valence-corrected chi connectivity index (χ0v) is 7.69. The smallest absolute Gasteiger partial charge is 0.322 e. The van der Waals surface area contributed by atoms with Gasteiger partial charge in [0, 0.05) is 5.33 Å². The number of carbonyl (C=O) groups is 2. The molecule has 4 nitrogen and oxygen atoms in total. The SMILES string of the molecule is CCC1(CBr)NC(=O)NC1=O. The van der Waals surface area contributed by atoms with E-state index in [4.69, 9.17) is 0 Å². The summed E-state index contributed by atoms with van der Waals surface area (Å²) in [4.78, 5) is 21.9. The highest BCUT2D eigenvalue weighted by atomic mass is 79.9. The van der Waals surface area contributed by atoms with Crippen LogP contribution in [0.5, 0.6) is 0 Å². The molecule has 1 aliphatic rings. The quantitative estimate of drug-likeness (QED) is 0.522. The van der Waals surface area contributed by atoms with Gasteiger partial charge in [-0.1, -0.05) is 22.9 Å². The molecule has 62 valence electrons. The minimum Gasteiger partial charge on any atom is -0.322 e. The van der Waals surface area contributed by atoms with E-state index in [2.05, 4.69) is 26.6 Å². The van der Waals surface area contributed by atoms with Crippen molar-refractivity contribution in [2.75, 3.05) is 5.33 Å². The number of rotatable bonds is 2. The van der Waals surface area contributed by atoms with Crippen LogP contribution in [0, 0.1) is 0 Å². The van der Waals surface area contributed by atoms with Gasteiger partial charge in [-0.15, -0.1) is 0 Å². The van der Waals surface area contributed by atoms with Gasteiger partial charge in [0.25, 0.3) is 5.91 Å². The van der Waals surface area contributed by atoms with Crippen LogP contribution in [0.15, 0.2) is 0 Å². The summed E-state index contributed by atoms with van der Waals surface area (Å²) in [6.07, 6.45) is 0.593. The molecule has 5 heteroatoms. The zero-order valence-electron chi connectivity index (χ0n) is 6.11. The van der Waals surface area contributed by atoms with Crippen LogP contribution in [-0.2, 0) is 4.79 Å². The van der Waals surface area contributed by atoms with E-state index < -0.39 is 11.6 Å². The Morgan fingerprint density at radius 3 is 2.36 bits per heavy atom. The van der Waals surface area contributed by atoms with Gasteiger partial charge in [0.05, 0.1) is 0 Å². The maximum atomic E-state index is 11.1.